The second kappa shape index (κ2) is 5.07. The van der Waals surface area contributed by atoms with E-state index in [4.69, 9.17) is 4.74 Å². The van der Waals surface area contributed by atoms with E-state index in [-0.39, 0.29) is 18.3 Å². The minimum Gasteiger partial charge on any atom is -0.443 e. The number of carbonyl (C=O) groups excluding carboxylic acids is 1. The predicted molar refractivity (Wildman–Crippen MR) is 76.3 cm³/mol. The predicted octanol–water partition coefficient (Wildman–Crippen LogP) is 2.25. The Balaban J connectivity index is 2.36. The van der Waals surface area contributed by atoms with Gasteiger partial charge in [0, 0.05) is 0 Å². The van der Waals surface area contributed by atoms with Crippen molar-refractivity contribution in [3.05, 3.63) is 40.4 Å². The average molecular weight is 274 g/mol. The van der Waals surface area contributed by atoms with Crippen LogP contribution in [0.5, 0.6) is 0 Å². The first-order chi connectivity index (χ1) is 9.30. The fourth-order valence-corrected chi connectivity index (χ4v) is 1.77. The summed E-state index contributed by atoms with van der Waals surface area (Å²) in [6.45, 7) is 6.91. The number of aryl methyl sites for hydroxylation is 1. The zero-order chi connectivity index (χ0) is 14.9. The van der Waals surface area contributed by atoms with E-state index in [0.29, 0.717) is 16.7 Å². The topological polar surface area (TPSA) is 61.2 Å². The number of hydrogen-bond donors (Lipinski definition) is 0. The van der Waals surface area contributed by atoms with Crippen molar-refractivity contribution in [2.45, 2.75) is 34.4 Å². The van der Waals surface area contributed by atoms with E-state index in [2.05, 4.69) is 4.98 Å². The summed E-state index contributed by atoms with van der Waals surface area (Å²) in [6, 6.07) is 7.12. The van der Waals surface area contributed by atoms with Gasteiger partial charge in [-0.3, -0.25) is 14.2 Å². The summed E-state index contributed by atoms with van der Waals surface area (Å²) in [5.41, 5.74) is -0.148. The van der Waals surface area contributed by atoms with Gasteiger partial charge in [0.15, 0.2) is 6.73 Å². The number of carbonyl (C=O) groups is 1. The molecule has 0 saturated carbocycles. The van der Waals surface area contributed by atoms with Crippen molar-refractivity contribution in [2.24, 2.45) is 5.41 Å². The molecule has 0 aliphatic heterocycles. The lowest BCUT2D eigenvalue weighted by molar-refractivity contribution is -0.157. The molecule has 106 valence electrons. The molecule has 1 aromatic carbocycles. The van der Waals surface area contributed by atoms with Crippen molar-refractivity contribution < 1.29 is 9.53 Å². The summed E-state index contributed by atoms with van der Waals surface area (Å²) in [7, 11) is 0. The molecule has 0 radical (unpaired) electrons. The van der Waals surface area contributed by atoms with E-state index in [9.17, 15) is 9.59 Å². The summed E-state index contributed by atoms with van der Waals surface area (Å²) in [6.07, 6.45) is 0. The molecule has 0 unspecified atom stereocenters. The lowest BCUT2D eigenvalue weighted by atomic mass is 9.98. The molecule has 5 heteroatoms. The summed E-state index contributed by atoms with van der Waals surface area (Å²) in [4.78, 5) is 28.5. The third-order valence-corrected chi connectivity index (χ3v) is 2.99. The van der Waals surface area contributed by atoms with Crippen LogP contribution < -0.4 is 5.56 Å². The van der Waals surface area contributed by atoms with Crippen molar-refractivity contribution in [2.75, 3.05) is 0 Å². The third-order valence-electron chi connectivity index (χ3n) is 2.99. The summed E-state index contributed by atoms with van der Waals surface area (Å²) < 4.78 is 6.55. The molecule has 0 aliphatic carbocycles. The van der Waals surface area contributed by atoms with Crippen LogP contribution in [-0.4, -0.2) is 15.5 Å². The third kappa shape index (κ3) is 2.71. The van der Waals surface area contributed by atoms with Crippen molar-refractivity contribution in [3.8, 4) is 0 Å². The van der Waals surface area contributed by atoms with Crippen LogP contribution in [0.1, 0.15) is 26.6 Å². The first kappa shape index (κ1) is 14.2. The van der Waals surface area contributed by atoms with Crippen molar-refractivity contribution in [3.63, 3.8) is 0 Å². The summed E-state index contributed by atoms with van der Waals surface area (Å²) in [5, 5.41) is 0.518. The number of nitrogens with zero attached hydrogens (tertiary/aromatic N) is 2. The quantitative estimate of drug-likeness (QED) is 0.788. The van der Waals surface area contributed by atoms with Gasteiger partial charge in [-0.1, -0.05) is 12.1 Å². The molecule has 1 aromatic heterocycles. The fourth-order valence-electron chi connectivity index (χ4n) is 1.77. The molecular formula is C15H18N2O3. The Morgan fingerprint density at radius 2 is 1.95 bits per heavy atom. The molecule has 0 saturated heterocycles. The van der Waals surface area contributed by atoms with E-state index in [0.717, 1.165) is 0 Å². The number of para-hydroxylation sites is 1. The highest BCUT2D eigenvalue weighted by atomic mass is 16.5. The van der Waals surface area contributed by atoms with Gasteiger partial charge < -0.3 is 4.74 Å². The fraction of sp³-hybridized carbons (Fsp3) is 0.400. The van der Waals surface area contributed by atoms with Gasteiger partial charge in [-0.05, 0) is 39.8 Å². The van der Waals surface area contributed by atoms with E-state index >= 15 is 0 Å². The first-order valence-electron chi connectivity index (χ1n) is 6.44. The van der Waals surface area contributed by atoms with E-state index < -0.39 is 5.41 Å². The van der Waals surface area contributed by atoms with Gasteiger partial charge in [0.2, 0.25) is 0 Å². The Labute approximate surface area is 117 Å². The van der Waals surface area contributed by atoms with E-state index in [1.54, 1.807) is 45.9 Å². The van der Waals surface area contributed by atoms with Crippen LogP contribution in [-0.2, 0) is 16.3 Å². The first-order valence-corrected chi connectivity index (χ1v) is 6.44. The number of hydrogen-bond acceptors (Lipinski definition) is 4. The minimum atomic E-state index is -0.595. The lowest BCUT2D eigenvalue weighted by Crippen LogP contribution is -2.29. The standard InChI is InChI=1S/C15H18N2O3/c1-10-16-12-8-6-5-7-11(12)13(18)17(10)9-20-14(19)15(2,3)4/h5-8H,9H2,1-4H3. The van der Waals surface area contributed by atoms with Gasteiger partial charge in [0.25, 0.3) is 5.56 Å². The van der Waals surface area contributed by atoms with Crippen molar-refractivity contribution in [1.82, 2.24) is 9.55 Å². The largest absolute Gasteiger partial charge is 0.443 e. The van der Waals surface area contributed by atoms with Crippen LogP contribution in [0.3, 0.4) is 0 Å². The Morgan fingerprint density at radius 1 is 1.30 bits per heavy atom. The lowest BCUT2D eigenvalue weighted by Gasteiger charge is -2.18. The Bertz CT molecular complexity index is 711. The molecule has 5 nitrogen and oxygen atoms in total. The van der Waals surface area contributed by atoms with Crippen LogP contribution in [0.4, 0.5) is 0 Å². The molecule has 0 aliphatic rings. The average Bonchev–Trinajstić information content (AvgIpc) is 2.37. The SMILES string of the molecule is Cc1nc2ccccc2c(=O)n1COC(=O)C(C)(C)C. The van der Waals surface area contributed by atoms with E-state index in [1.165, 1.54) is 4.57 Å². The zero-order valence-corrected chi connectivity index (χ0v) is 12.1. The molecule has 0 N–H and O–H groups in total. The van der Waals surface area contributed by atoms with Gasteiger partial charge in [0.05, 0.1) is 16.3 Å². The molecule has 2 aromatic rings. The summed E-state index contributed by atoms with van der Waals surface area (Å²) in [5.74, 6) is 0.173. The molecule has 20 heavy (non-hydrogen) atoms. The highest BCUT2D eigenvalue weighted by Gasteiger charge is 2.23. The second-order valence-electron chi connectivity index (χ2n) is 5.72. The number of fused-ring (bicyclic) bond motifs is 1. The second-order valence-corrected chi connectivity index (χ2v) is 5.72. The van der Waals surface area contributed by atoms with Crippen LogP contribution in [0.2, 0.25) is 0 Å². The molecule has 0 spiro atoms. The Hall–Kier alpha value is -2.17. The molecule has 0 bridgehead atoms. The molecule has 1 heterocycles. The number of benzene rings is 1. The highest BCUT2D eigenvalue weighted by molar-refractivity contribution is 5.77. The number of ether oxygens (including phenoxy) is 1. The molecule has 0 atom stereocenters. The normalized spacial score (nSPS) is 11.6. The maximum absolute atomic E-state index is 12.3. The molecule has 2 rings (SSSR count). The smallest absolute Gasteiger partial charge is 0.312 e. The van der Waals surface area contributed by atoms with Gasteiger partial charge in [-0.25, -0.2) is 4.98 Å². The van der Waals surface area contributed by atoms with Gasteiger partial charge in [-0.2, -0.15) is 0 Å². The van der Waals surface area contributed by atoms with E-state index in [1.807, 2.05) is 6.07 Å². The molecule has 0 fully saturated rings. The van der Waals surface area contributed by atoms with Crippen LogP contribution in [0.25, 0.3) is 10.9 Å². The van der Waals surface area contributed by atoms with Crippen molar-refractivity contribution in [1.29, 1.82) is 0 Å². The van der Waals surface area contributed by atoms with Gasteiger partial charge in [0.1, 0.15) is 5.82 Å². The van der Waals surface area contributed by atoms with Crippen LogP contribution in [0, 0.1) is 12.3 Å². The molecule has 0 amide bonds. The van der Waals surface area contributed by atoms with Crippen molar-refractivity contribution >= 4 is 16.9 Å². The monoisotopic (exact) mass is 274 g/mol. The summed E-state index contributed by atoms with van der Waals surface area (Å²) >= 11 is 0. The highest BCUT2D eigenvalue weighted by Crippen LogP contribution is 2.15. The van der Waals surface area contributed by atoms with Crippen LogP contribution >= 0.6 is 0 Å². The zero-order valence-electron chi connectivity index (χ0n) is 12.1. The molecular weight excluding hydrogens is 256 g/mol. The van der Waals surface area contributed by atoms with Gasteiger partial charge >= 0.3 is 5.97 Å². The number of aromatic nitrogens is 2. The Morgan fingerprint density at radius 3 is 2.60 bits per heavy atom. The van der Waals surface area contributed by atoms with Gasteiger partial charge in [-0.15, -0.1) is 0 Å². The number of rotatable bonds is 2. The Kier molecular flexibility index (Phi) is 3.61. The maximum Gasteiger partial charge on any atom is 0.312 e. The maximum atomic E-state index is 12.3. The number of esters is 1. The van der Waals surface area contributed by atoms with Crippen LogP contribution in [0.15, 0.2) is 29.1 Å². The minimum absolute atomic E-state index is 0.112.